The molecule has 1 amide bonds. The van der Waals surface area contributed by atoms with Crippen LogP contribution in [0.3, 0.4) is 0 Å². The van der Waals surface area contributed by atoms with Crippen molar-refractivity contribution < 1.29 is 9.21 Å². The summed E-state index contributed by atoms with van der Waals surface area (Å²) in [6.07, 6.45) is 0. The summed E-state index contributed by atoms with van der Waals surface area (Å²) in [7, 11) is 0. The van der Waals surface area contributed by atoms with Gasteiger partial charge in [0.25, 0.3) is 5.91 Å². The Balaban J connectivity index is 2.16. The second-order valence-electron chi connectivity index (χ2n) is 5.14. The Bertz CT molecular complexity index is 631. The van der Waals surface area contributed by atoms with Gasteiger partial charge in [-0.25, -0.2) is 0 Å². The highest BCUT2D eigenvalue weighted by molar-refractivity contribution is 5.99. The number of hydrogen-bond donors (Lipinski definition) is 2. The van der Waals surface area contributed by atoms with Crippen LogP contribution in [0.4, 0.5) is 5.69 Å². The number of anilines is 1. The quantitative estimate of drug-likeness (QED) is 0.878. The molecule has 1 atom stereocenters. The van der Waals surface area contributed by atoms with Crippen LogP contribution in [-0.4, -0.2) is 12.5 Å². The van der Waals surface area contributed by atoms with E-state index in [1.165, 1.54) is 0 Å². The molecular formula is C17H22N2O2. The summed E-state index contributed by atoms with van der Waals surface area (Å²) < 4.78 is 5.52. The zero-order valence-electron chi connectivity index (χ0n) is 13.0. The second kappa shape index (κ2) is 6.48. The van der Waals surface area contributed by atoms with Gasteiger partial charge in [0, 0.05) is 17.8 Å². The van der Waals surface area contributed by atoms with Crippen LogP contribution in [-0.2, 0) is 0 Å². The first kappa shape index (κ1) is 15.2. The summed E-state index contributed by atoms with van der Waals surface area (Å²) in [5, 5.41) is 6.23. The van der Waals surface area contributed by atoms with Gasteiger partial charge in [-0.2, -0.15) is 0 Å². The summed E-state index contributed by atoms with van der Waals surface area (Å²) in [6.45, 7) is 8.57. The van der Waals surface area contributed by atoms with E-state index in [-0.39, 0.29) is 11.9 Å². The Morgan fingerprint density at radius 3 is 2.62 bits per heavy atom. The van der Waals surface area contributed by atoms with Gasteiger partial charge in [-0.1, -0.05) is 12.1 Å². The third-order valence-corrected chi connectivity index (χ3v) is 3.43. The molecule has 4 nitrogen and oxygen atoms in total. The van der Waals surface area contributed by atoms with Gasteiger partial charge in [0.05, 0.1) is 11.6 Å². The molecule has 112 valence electrons. The van der Waals surface area contributed by atoms with Crippen molar-refractivity contribution in [1.29, 1.82) is 0 Å². The van der Waals surface area contributed by atoms with E-state index in [4.69, 9.17) is 4.42 Å². The minimum Gasteiger partial charge on any atom is -0.466 e. The zero-order chi connectivity index (χ0) is 15.4. The lowest BCUT2D eigenvalue weighted by molar-refractivity contribution is 0.0940. The lowest BCUT2D eigenvalue weighted by atomic mass is 10.1. The van der Waals surface area contributed by atoms with Crippen LogP contribution < -0.4 is 10.6 Å². The highest BCUT2D eigenvalue weighted by atomic mass is 16.3. The van der Waals surface area contributed by atoms with E-state index in [2.05, 4.69) is 10.6 Å². The summed E-state index contributed by atoms with van der Waals surface area (Å²) in [5.74, 6) is 1.62. The average molecular weight is 286 g/mol. The predicted octanol–water partition coefficient (Wildman–Crippen LogP) is 3.82. The van der Waals surface area contributed by atoms with Crippen molar-refractivity contribution in [2.45, 2.75) is 33.7 Å². The Labute approximate surface area is 125 Å². The molecule has 4 heteroatoms. The van der Waals surface area contributed by atoms with Gasteiger partial charge in [-0.3, -0.25) is 4.79 Å². The molecule has 0 saturated carbocycles. The minimum atomic E-state index is -0.0929. The van der Waals surface area contributed by atoms with E-state index < -0.39 is 0 Å². The number of furan rings is 1. The fourth-order valence-electron chi connectivity index (χ4n) is 2.46. The van der Waals surface area contributed by atoms with Crippen LogP contribution in [0.15, 0.2) is 34.7 Å². The molecule has 1 aromatic heterocycles. The van der Waals surface area contributed by atoms with Crippen LogP contribution in [0.2, 0.25) is 0 Å². The summed E-state index contributed by atoms with van der Waals surface area (Å²) in [6, 6.07) is 9.40. The van der Waals surface area contributed by atoms with Gasteiger partial charge in [0.15, 0.2) is 0 Å². The van der Waals surface area contributed by atoms with Gasteiger partial charge >= 0.3 is 0 Å². The van der Waals surface area contributed by atoms with Crippen LogP contribution in [0, 0.1) is 13.8 Å². The van der Waals surface area contributed by atoms with Crippen LogP contribution in [0.25, 0.3) is 0 Å². The smallest absolute Gasteiger partial charge is 0.253 e. The third-order valence-electron chi connectivity index (χ3n) is 3.43. The zero-order valence-corrected chi connectivity index (χ0v) is 13.0. The highest BCUT2D eigenvalue weighted by Gasteiger charge is 2.17. The van der Waals surface area contributed by atoms with Gasteiger partial charge in [0.2, 0.25) is 0 Å². The van der Waals surface area contributed by atoms with E-state index in [9.17, 15) is 4.79 Å². The van der Waals surface area contributed by atoms with E-state index in [0.29, 0.717) is 5.56 Å². The standard InChI is InChI=1S/C17H22N2O2/c1-5-18-16-9-7-6-8-14(16)17(20)19-12(3)15-10-11(2)21-13(15)4/h6-10,12,18H,5H2,1-4H3,(H,19,20). The topological polar surface area (TPSA) is 54.3 Å². The molecule has 0 aliphatic rings. The number of carbonyl (C=O) groups is 1. The largest absolute Gasteiger partial charge is 0.466 e. The summed E-state index contributed by atoms with van der Waals surface area (Å²) in [4.78, 5) is 12.5. The minimum absolute atomic E-state index is 0.0858. The van der Waals surface area contributed by atoms with Crippen molar-refractivity contribution in [1.82, 2.24) is 5.32 Å². The van der Waals surface area contributed by atoms with Gasteiger partial charge in [0.1, 0.15) is 11.5 Å². The molecule has 0 aliphatic heterocycles. The molecule has 1 unspecified atom stereocenters. The maximum Gasteiger partial charge on any atom is 0.253 e. The lowest BCUT2D eigenvalue weighted by Gasteiger charge is -2.15. The summed E-state index contributed by atoms with van der Waals surface area (Å²) >= 11 is 0. The molecule has 0 spiro atoms. The van der Waals surface area contributed by atoms with Crippen molar-refractivity contribution in [3.05, 3.63) is 53.0 Å². The highest BCUT2D eigenvalue weighted by Crippen LogP contribution is 2.22. The van der Waals surface area contributed by atoms with Crippen molar-refractivity contribution >= 4 is 11.6 Å². The van der Waals surface area contributed by atoms with Gasteiger partial charge in [-0.15, -0.1) is 0 Å². The Morgan fingerprint density at radius 2 is 2.00 bits per heavy atom. The molecular weight excluding hydrogens is 264 g/mol. The van der Waals surface area contributed by atoms with Crippen LogP contribution in [0.5, 0.6) is 0 Å². The number of amides is 1. The van der Waals surface area contributed by atoms with Crippen molar-refractivity contribution in [2.24, 2.45) is 0 Å². The lowest BCUT2D eigenvalue weighted by Crippen LogP contribution is -2.27. The predicted molar refractivity (Wildman–Crippen MR) is 84.7 cm³/mol. The van der Waals surface area contributed by atoms with Gasteiger partial charge < -0.3 is 15.1 Å². The van der Waals surface area contributed by atoms with E-state index >= 15 is 0 Å². The first-order valence-electron chi connectivity index (χ1n) is 7.23. The number of rotatable bonds is 5. The molecule has 2 aromatic rings. The number of benzene rings is 1. The number of aryl methyl sites for hydroxylation is 2. The second-order valence-corrected chi connectivity index (χ2v) is 5.14. The molecule has 1 aromatic carbocycles. The molecule has 0 radical (unpaired) electrons. The fourth-order valence-corrected chi connectivity index (χ4v) is 2.46. The van der Waals surface area contributed by atoms with Crippen molar-refractivity contribution in [3.8, 4) is 0 Å². The van der Waals surface area contributed by atoms with Crippen LogP contribution >= 0.6 is 0 Å². The number of hydrogen-bond acceptors (Lipinski definition) is 3. The third kappa shape index (κ3) is 3.45. The normalized spacial score (nSPS) is 12.0. The number of carbonyl (C=O) groups excluding carboxylic acids is 1. The molecule has 0 bridgehead atoms. The monoisotopic (exact) mass is 286 g/mol. The molecule has 2 rings (SSSR count). The maximum absolute atomic E-state index is 12.5. The van der Waals surface area contributed by atoms with Crippen LogP contribution in [0.1, 0.15) is 47.3 Å². The molecule has 0 fully saturated rings. The van der Waals surface area contributed by atoms with E-state index in [1.807, 2.05) is 58.0 Å². The molecule has 0 aliphatic carbocycles. The van der Waals surface area contributed by atoms with Crippen molar-refractivity contribution in [3.63, 3.8) is 0 Å². The molecule has 1 heterocycles. The molecule has 2 N–H and O–H groups in total. The van der Waals surface area contributed by atoms with Crippen molar-refractivity contribution in [2.75, 3.05) is 11.9 Å². The van der Waals surface area contributed by atoms with Gasteiger partial charge in [-0.05, 0) is 45.9 Å². The first-order valence-corrected chi connectivity index (χ1v) is 7.23. The van der Waals surface area contributed by atoms with E-state index in [1.54, 1.807) is 0 Å². The average Bonchev–Trinajstić information content (AvgIpc) is 2.78. The Morgan fingerprint density at radius 1 is 1.29 bits per heavy atom. The number of para-hydroxylation sites is 1. The number of nitrogens with one attached hydrogen (secondary N) is 2. The Hall–Kier alpha value is -2.23. The Kier molecular flexibility index (Phi) is 4.68. The SMILES string of the molecule is CCNc1ccccc1C(=O)NC(C)c1cc(C)oc1C. The molecule has 0 saturated heterocycles. The van der Waals surface area contributed by atoms with E-state index in [0.717, 1.165) is 29.3 Å². The maximum atomic E-state index is 12.5. The summed E-state index contributed by atoms with van der Waals surface area (Å²) in [5.41, 5.74) is 2.52. The first-order chi connectivity index (χ1) is 10.0. The molecule has 21 heavy (non-hydrogen) atoms. The fraction of sp³-hybridized carbons (Fsp3) is 0.353.